The van der Waals surface area contributed by atoms with Crippen molar-refractivity contribution in [1.82, 2.24) is 4.90 Å². The van der Waals surface area contributed by atoms with Crippen molar-refractivity contribution in [3.05, 3.63) is 21.4 Å². The number of hydrogen-bond donors (Lipinski definition) is 0. The van der Waals surface area contributed by atoms with Gasteiger partial charge in [-0.05, 0) is 19.4 Å². The van der Waals surface area contributed by atoms with Crippen molar-refractivity contribution in [2.75, 3.05) is 19.7 Å². The van der Waals surface area contributed by atoms with E-state index >= 15 is 0 Å². The van der Waals surface area contributed by atoms with Crippen molar-refractivity contribution in [3.8, 4) is 0 Å². The van der Waals surface area contributed by atoms with Gasteiger partial charge in [0.1, 0.15) is 6.54 Å². The van der Waals surface area contributed by atoms with E-state index in [2.05, 4.69) is 13.8 Å². The van der Waals surface area contributed by atoms with E-state index in [-0.39, 0.29) is 24.3 Å². The zero-order valence-electron chi connectivity index (χ0n) is 11.6. The van der Waals surface area contributed by atoms with Crippen LogP contribution in [0.5, 0.6) is 0 Å². The minimum absolute atomic E-state index is 0.0443. The summed E-state index contributed by atoms with van der Waals surface area (Å²) in [5.41, 5.74) is 0.768. The molecule has 19 heavy (non-hydrogen) atoms. The lowest BCUT2D eigenvalue weighted by molar-refractivity contribution is -0.143. The van der Waals surface area contributed by atoms with Gasteiger partial charge in [0, 0.05) is 22.2 Å². The lowest BCUT2D eigenvalue weighted by atomic mass is 9.99. The average molecular weight is 281 g/mol. The number of hydrogen-bond acceptors (Lipinski definition) is 4. The van der Waals surface area contributed by atoms with E-state index in [4.69, 9.17) is 4.74 Å². The van der Waals surface area contributed by atoms with Crippen molar-refractivity contribution in [1.29, 1.82) is 0 Å². The molecular weight excluding hydrogens is 262 g/mol. The van der Waals surface area contributed by atoms with E-state index in [0.29, 0.717) is 13.2 Å². The van der Waals surface area contributed by atoms with Crippen LogP contribution >= 0.6 is 11.3 Å². The Morgan fingerprint density at radius 3 is 2.89 bits per heavy atom. The topological polar surface area (TPSA) is 46.6 Å². The quantitative estimate of drug-likeness (QED) is 0.796. The highest BCUT2D eigenvalue weighted by molar-refractivity contribution is 7.12. The number of nitrogens with zero attached hydrogens (tertiary/aromatic N) is 1. The van der Waals surface area contributed by atoms with Crippen LogP contribution in [-0.2, 0) is 16.0 Å². The molecule has 0 radical (unpaired) electrons. The molecule has 2 rings (SSSR count). The molecule has 1 unspecified atom stereocenters. The van der Waals surface area contributed by atoms with Gasteiger partial charge in [-0.2, -0.15) is 0 Å². The van der Waals surface area contributed by atoms with Gasteiger partial charge >= 0.3 is 5.97 Å². The fraction of sp³-hybridized carbons (Fsp3) is 0.571. The Hall–Kier alpha value is -1.36. The van der Waals surface area contributed by atoms with E-state index in [0.717, 1.165) is 16.9 Å². The van der Waals surface area contributed by atoms with Gasteiger partial charge in [0.05, 0.1) is 12.2 Å². The summed E-state index contributed by atoms with van der Waals surface area (Å²) in [6.45, 7) is 6.94. The fourth-order valence-corrected chi connectivity index (χ4v) is 3.47. The SMILES string of the molecule is CCOC(=O)CN1CC(C)c2sc(CC)cc2C1=O. The van der Waals surface area contributed by atoms with Crippen molar-refractivity contribution in [2.24, 2.45) is 0 Å². The van der Waals surface area contributed by atoms with Crippen molar-refractivity contribution in [3.63, 3.8) is 0 Å². The highest BCUT2D eigenvalue weighted by Gasteiger charge is 2.32. The van der Waals surface area contributed by atoms with E-state index in [1.54, 1.807) is 23.2 Å². The van der Waals surface area contributed by atoms with Crippen molar-refractivity contribution < 1.29 is 14.3 Å². The van der Waals surface area contributed by atoms with Crippen LogP contribution in [0, 0.1) is 0 Å². The predicted molar refractivity (Wildman–Crippen MR) is 74.6 cm³/mol. The Kier molecular flexibility index (Phi) is 4.24. The molecule has 1 atom stereocenters. The molecule has 2 heterocycles. The van der Waals surface area contributed by atoms with Crippen LogP contribution in [0.3, 0.4) is 0 Å². The summed E-state index contributed by atoms with van der Waals surface area (Å²) >= 11 is 1.71. The molecule has 1 aliphatic rings. The highest BCUT2D eigenvalue weighted by Crippen LogP contribution is 2.35. The molecule has 1 aromatic rings. The third-order valence-electron chi connectivity index (χ3n) is 3.25. The summed E-state index contributed by atoms with van der Waals surface area (Å²) in [6, 6.07) is 1.97. The van der Waals surface area contributed by atoms with Gasteiger partial charge in [0.25, 0.3) is 5.91 Å². The normalized spacial score (nSPS) is 18.4. The summed E-state index contributed by atoms with van der Waals surface area (Å²) in [6.07, 6.45) is 0.940. The van der Waals surface area contributed by atoms with Gasteiger partial charge in [0.2, 0.25) is 0 Å². The largest absolute Gasteiger partial charge is 0.465 e. The molecule has 0 spiro atoms. The monoisotopic (exact) mass is 281 g/mol. The van der Waals surface area contributed by atoms with Crippen molar-refractivity contribution in [2.45, 2.75) is 33.1 Å². The molecule has 1 amide bonds. The molecule has 4 nitrogen and oxygen atoms in total. The Morgan fingerprint density at radius 2 is 2.26 bits per heavy atom. The lowest BCUT2D eigenvalue weighted by Gasteiger charge is -2.29. The minimum Gasteiger partial charge on any atom is -0.465 e. The summed E-state index contributed by atoms with van der Waals surface area (Å²) in [7, 11) is 0. The minimum atomic E-state index is -0.336. The van der Waals surface area contributed by atoms with E-state index in [1.807, 2.05) is 6.07 Å². The molecule has 1 aromatic heterocycles. The van der Waals surface area contributed by atoms with E-state index < -0.39 is 0 Å². The standard InChI is InChI=1S/C14H19NO3S/c1-4-10-6-11-13(19-10)9(3)7-15(14(11)17)8-12(16)18-5-2/h6,9H,4-5,7-8H2,1-3H3. The number of fused-ring (bicyclic) bond motifs is 1. The molecular formula is C14H19NO3S. The zero-order valence-corrected chi connectivity index (χ0v) is 12.4. The van der Waals surface area contributed by atoms with Crippen LogP contribution in [0.15, 0.2) is 6.07 Å². The summed E-state index contributed by atoms with van der Waals surface area (Å²) in [4.78, 5) is 27.9. The first-order valence-corrected chi connectivity index (χ1v) is 7.45. The Bertz CT molecular complexity index is 495. The van der Waals surface area contributed by atoms with E-state index in [1.165, 1.54) is 4.88 Å². The first-order valence-electron chi connectivity index (χ1n) is 6.64. The first kappa shape index (κ1) is 14.1. The molecule has 1 aliphatic heterocycles. The number of esters is 1. The number of thiophene rings is 1. The molecule has 0 bridgehead atoms. The van der Waals surface area contributed by atoms with Crippen molar-refractivity contribution >= 4 is 23.2 Å². The van der Waals surface area contributed by atoms with Crippen LogP contribution in [0.4, 0.5) is 0 Å². The van der Waals surface area contributed by atoms with E-state index in [9.17, 15) is 9.59 Å². The predicted octanol–water partition coefficient (Wildman–Crippen LogP) is 2.43. The zero-order chi connectivity index (χ0) is 14.0. The van der Waals surface area contributed by atoms with Crippen LogP contribution < -0.4 is 0 Å². The van der Waals surface area contributed by atoms with Crippen LogP contribution in [0.2, 0.25) is 0 Å². The molecule has 0 saturated heterocycles. The van der Waals surface area contributed by atoms with Gasteiger partial charge < -0.3 is 9.64 Å². The molecule has 5 heteroatoms. The Morgan fingerprint density at radius 1 is 1.53 bits per heavy atom. The number of rotatable bonds is 4. The maximum atomic E-state index is 12.4. The molecule has 0 aromatic carbocycles. The highest BCUT2D eigenvalue weighted by atomic mass is 32.1. The molecule has 0 fully saturated rings. The third-order valence-corrected chi connectivity index (χ3v) is 4.76. The average Bonchev–Trinajstić information content (AvgIpc) is 2.81. The van der Waals surface area contributed by atoms with Gasteiger partial charge in [0.15, 0.2) is 0 Å². The van der Waals surface area contributed by atoms with Gasteiger partial charge in [-0.25, -0.2) is 0 Å². The number of ether oxygens (including phenoxy) is 1. The molecule has 0 aliphatic carbocycles. The second kappa shape index (κ2) is 5.74. The molecule has 104 valence electrons. The molecule has 0 N–H and O–H groups in total. The third kappa shape index (κ3) is 2.81. The van der Waals surface area contributed by atoms with Crippen LogP contribution in [0.25, 0.3) is 0 Å². The maximum Gasteiger partial charge on any atom is 0.325 e. The smallest absolute Gasteiger partial charge is 0.325 e. The number of carbonyl (C=O) groups is 2. The number of carbonyl (C=O) groups excluding carboxylic acids is 2. The summed E-state index contributed by atoms with van der Waals surface area (Å²) in [5.74, 6) is -0.0954. The number of aryl methyl sites for hydroxylation is 1. The fourth-order valence-electron chi connectivity index (χ4n) is 2.33. The molecule has 0 saturated carbocycles. The van der Waals surface area contributed by atoms with Gasteiger partial charge in [-0.15, -0.1) is 11.3 Å². The summed E-state index contributed by atoms with van der Waals surface area (Å²) < 4.78 is 4.91. The summed E-state index contributed by atoms with van der Waals surface area (Å²) in [5, 5.41) is 0. The van der Waals surface area contributed by atoms with Gasteiger partial charge in [-0.1, -0.05) is 13.8 Å². The second-order valence-corrected chi connectivity index (χ2v) is 5.90. The number of amides is 1. The Balaban J connectivity index is 2.19. The van der Waals surface area contributed by atoms with Crippen LogP contribution in [0.1, 0.15) is 46.8 Å². The van der Waals surface area contributed by atoms with Gasteiger partial charge in [-0.3, -0.25) is 9.59 Å². The lowest BCUT2D eigenvalue weighted by Crippen LogP contribution is -2.42. The Labute approximate surface area is 117 Å². The maximum absolute atomic E-state index is 12.4. The first-order chi connectivity index (χ1) is 9.06. The van der Waals surface area contributed by atoms with Crippen LogP contribution in [-0.4, -0.2) is 36.5 Å². The second-order valence-electron chi connectivity index (χ2n) is 4.74.